The second-order valence-electron chi connectivity index (χ2n) is 10.2. The quantitative estimate of drug-likeness (QED) is 0.177. The number of benzene rings is 4. The maximum Gasteiger partial charge on any atom is 0.338 e. The summed E-state index contributed by atoms with van der Waals surface area (Å²) >= 11 is 0. The molecule has 0 aromatic heterocycles. The summed E-state index contributed by atoms with van der Waals surface area (Å²) in [6.45, 7) is 1.07. The number of fused-ring (bicyclic) bond motifs is 1. The summed E-state index contributed by atoms with van der Waals surface area (Å²) in [7, 11) is 2.74. The van der Waals surface area contributed by atoms with Crippen LogP contribution in [0.5, 0.6) is 23.0 Å². The molecular weight excluding hydrogens is 552 g/mol. The summed E-state index contributed by atoms with van der Waals surface area (Å²) in [6, 6.07) is 18.9. The molecule has 1 saturated heterocycles. The highest BCUT2D eigenvalue weighted by Gasteiger charge is 2.30. The van der Waals surface area contributed by atoms with Crippen LogP contribution in [0.1, 0.15) is 49.5 Å². The van der Waals surface area contributed by atoms with Crippen molar-refractivity contribution in [3.8, 4) is 23.0 Å². The van der Waals surface area contributed by atoms with Crippen LogP contribution in [0, 0.1) is 0 Å². The van der Waals surface area contributed by atoms with Gasteiger partial charge in [-0.2, -0.15) is 0 Å². The largest absolute Gasteiger partial charge is 0.507 e. The zero-order valence-electron chi connectivity index (χ0n) is 23.8. The number of methoxy groups -OCH3 is 2. The molecule has 43 heavy (non-hydrogen) atoms. The van der Waals surface area contributed by atoms with Crippen molar-refractivity contribution in [1.82, 2.24) is 10.6 Å². The van der Waals surface area contributed by atoms with Gasteiger partial charge in [0.15, 0.2) is 17.3 Å². The number of hydrogen-bond acceptors (Lipinski definition) is 9. The van der Waals surface area contributed by atoms with E-state index >= 15 is 0 Å². The van der Waals surface area contributed by atoms with E-state index in [2.05, 4.69) is 10.6 Å². The normalized spacial score (nSPS) is 16.6. The van der Waals surface area contributed by atoms with Crippen LogP contribution in [0.25, 0.3) is 10.8 Å². The highest BCUT2D eigenvalue weighted by molar-refractivity contribution is 6.12. The lowest BCUT2D eigenvalue weighted by Crippen LogP contribution is -2.49. The van der Waals surface area contributed by atoms with Gasteiger partial charge in [-0.15, -0.1) is 0 Å². The van der Waals surface area contributed by atoms with E-state index in [-0.39, 0.29) is 45.5 Å². The average Bonchev–Trinajstić information content (AvgIpc) is 3.24. The van der Waals surface area contributed by atoms with Gasteiger partial charge in [0.05, 0.1) is 31.4 Å². The smallest absolute Gasteiger partial charge is 0.338 e. The third kappa shape index (κ3) is 6.39. The highest BCUT2D eigenvalue weighted by atomic mass is 16.5. The second-order valence-corrected chi connectivity index (χ2v) is 10.2. The van der Waals surface area contributed by atoms with Crippen LogP contribution in [0.15, 0.2) is 72.8 Å². The summed E-state index contributed by atoms with van der Waals surface area (Å²) < 4.78 is 16.2. The zero-order chi connectivity index (χ0) is 30.5. The molecule has 0 unspecified atom stereocenters. The van der Waals surface area contributed by atoms with Crippen molar-refractivity contribution in [3.63, 3.8) is 0 Å². The van der Waals surface area contributed by atoms with Crippen LogP contribution in [-0.4, -0.2) is 67.3 Å². The number of hydrogen-bond donors (Lipinski definition) is 4. The van der Waals surface area contributed by atoms with E-state index < -0.39 is 24.0 Å². The van der Waals surface area contributed by atoms with Crippen LogP contribution in [0.4, 0.5) is 0 Å². The molecule has 1 aliphatic heterocycles. The predicted octanol–water partition coefficient (Wildman–Crippen LogP) is 4.21. The van der Waals surface area contributed by atoms with Crippen molar-refractivity contribution in [2.75, 3.05) is 27.3 Å². The number of phenols is 2. The van der Waals surface area contributed by atoms with Gasteiger partial charge in [-0.3, -0.25) is 9.59 Å². The number of esters is 1. The van der Waals surface area contributed by atoms with Gasteiger partial charge in [0.25, 0.3) is 5.91 Å². The SMILES string of the molecule is COc1cc(C(=O)N[C@@H]2CNCCC[C@H]2OC(=O)c2ccc(C(=O)c3cc4ccccc4cc3O)cc2)cc(OC)c1O. The molecule has 1 heterocycles. The molecule has 1 aliphatic rings. The molecule has 0 bridgehead atoms. The molecule has 5 rings (SSSR count). The fraction of sp³-hybridized carbons (Fsp3) is 0.242. The van der Waals surface area contributed by atoms with Crippen LogP contribution < -0.4 is 20.1 Å². The van der Waals surface area contributed by atoms with E-state index in [9.17, 15) is 24.6 Å². The van der Waals surface area contributed by atoms with Crippen molar-refractivity contribution < 1.29 is 38.8 Å². The molecule has 0 saturated carbocycles. The topological polar surface area (TPSA) is 143 Å². The molecule has 0 spiro atoms. The van der Waals surface area contributed by atoms with Gasteiger partial charge in [-0.25, -0.2) is 4.79 Å². The first kappa shape index (κ1) is 29.4. The van der Waals surface area contributed by atoms with Gasteiger partial charge in [-0.05, 0) is 66.6 Å². The number of amides is 1. The molecule has 1 amide bonds. The van der Waals surface area contributed by atoms with Crippen LogP contribution >= 0.6 is 0 Å². The average molecular weight is 585 g/mol. The first-order valence-electron chi connectivity index (χ1n) is 13.8. The fourth-order valence-electron chi connectivity index (χ4n) is 5.11. The molecule has 0 radical (unpaired) electrons. The van der Waals surface area contributed by atoms with E-state index in [0.717, 1.165) is 17.2 Å². The third-order valence-electron chi connectivity index (χ3n) is 7.46. The Balaban J connectivity index is 1.29. The van der Waals surface area contributed by atoms with E-state index in [1.807, 2.05) is 24.3 Å². The number of ether oxygens (including phenoxy) is 3. The van der Waals surface area contributed by atoms with E-state index in [0.29, 0.717) is 25.1 Å². The minimum atomic E-state index is -0.622. The Bertz CT molecular complexity index is 1640. The van der Waals surface area contributed by atoms with Crippen molar-refractivity contribution in [2.24, 2.45) is 0 Å². The molecule has 4 N–H and O–H groups in total. The minimum absolute atomic E-state index is 0.0872. The predicted molar refractivity (Wildman–Crippen MR) is 159 cm³/mol. The number of aromatic hydroxyl groups is 2. The summed E-state index contributed by atoms with van der Waals surface area (Å²) in [5.74, 6) is -1.58. The number of carbonyl (C=O) groups is 3. The lowest BCUT2D eigenvalue weighted by molar-refractivity contribution is 0.0192. The number of phenolic OH excluding ortho intramolecular Hbond substituents is 2. The molecule has 222 valence electrons. The van der Waals surface area contributed by atoms with Gasteiger partial charge in [0.2, 0.25) is 5.75 Å². The Hall–Kier alpha value is -5.09. The van der Waals surface area contributed by atoms with Crippen molar-refractivity contribution in [1.29, 1.82) is 0 Å². The molecule has 4 aromatic carbocycles. The van der Waals surface area contributed by atoms with E-state index in [4.69, 9.17) is 14.2 Å². The Kier molecular flexibility index (Phi) is 8.77. The van der Waals surface area contributed by atoms with E-state index in [1.54, 1.807) is 12.1 Å². The molecule has 2 atom stereocenters. The fourth-order valence-corrected chi connectivity index (χ4v) is 5.11. The summed E-state index contributed by atoms with van der Waals surface area (Å²) in [5.41, 5.74) is 0.932. The van der Waals surface area contributed by atoms with Gasteiger partial charge in [-0.1, -0.05) is 36.4 Å². The van der Waals surface area contributed by atoms with Crippen molar-refractivity contribution in [2.45, 2.75) is 25.0 Å². The highest BCUT2D eigenvalue weighted by Crippen LogP contribution is 2.37. The first-order valence-corrected chi connectivity index (χ1v) is 13.8. The Labute approximate surface area is 248 Å². The molecule has 10 nitrogen and oxygen atoms in total. The van der Waals surface area contributed by atoms with Crippen LogP contribution in [0.2, 0.25) is 0 Å². The lowest BCUT2D eigenvalue weighted by Gasteiger charge is -2.26. The monoisotopic (exact) mass is 584 g/mol. The number of ketones is 1. The third-order valence-corrected chi connectivity index (χ3v) is 7.46. The second kappa shape index (κ2) is 12.8. The minimum Gasteiger partial charge on any atom is -0.507 e. The Morgan fingerprint density at radius 3 is 2.12 bits per heavy atom. The van der Waals surface area contributed by atoms with E-state index in [1.165, 1.54) is 50.6 Å². The first-order chi connectivity index (χ1) is 20.8. The maximum atomic E-state index is 13.2. The lowest BCUT2D eigenvalue weighted by atomic mass is 9.98. The molecule has 4 aromatic rings. The van der Waals surface area contributed by atoms with Crippen LogP contribution in [-0.2, 0) is 4.74 Å². The molecular formula is C33H32N2O8. The molecule has 10 heteroatoms. The number of rotatable bonds is 8. The van der Waals surface area contributed by atoms with Crippen molar-refractivity contribution >= 4 is 28.4 Å². The van der Waals surface area contributed by atoms with Gasteiger partial charge >= 0.3 is 5.97 Å². The van der Waals surface area contributed by atoms with Gasteiger partial charge in [0.1, 0.15) is 11.9 Å². The summed E-state index contributed by atoms with van der Waals surface area (Å²) in [6.07, 6.45) is 0.626. The Morgan fingerprint density at radius 2 is 1.47 bits per heavy atom. The zero-order valence-corrected chi connectivity index (χ0v) is 23.8. The van der Waals surface area contributed by atoms with Crippen LogP contribution in [0.3, 0.4) is 0 Å². The van der Waals surface area contributed by atoms with Gasteiger partial charge < -0.3 is 35.1 Å². The maximum absolute atomic E-state index is 13.2. The number of carbonyl (C=O) groups excluding carboxylic acids is 3. The standard InChI is InChI=1S/C33H32N2O8/c1-41-28-16-23(17-29(42-2)31(28)38)32(39)35-25-18-34-13-5-8-27(25)43-33(40)20-11-9-19(10-12-20)30(37)24-14-21-6-3-4-7-22(21)15-26(24)36/h3-4,6-7,9-12,14-17,25,27,34,36,38H,5,8,13,18H2,1-2H3,(H,35,39)/t25-,27-/m1/s1. The Morgan fingerprint density at radius 1 is 0.837 bits per heavy atom. The summed E-state index contributed by atoms with van der Waals surface area (Å²) in [4.78, 5) is 39.5. The summed E-state index contributed by atoms with van der Waals surface area (Å²) in [5, 5.41) is 28.5. The van der Waals surface area contributed by atoms with Gasteiger partial charge in [0, 0.05) is 17.7 Å². The molecule has 1 fully saturated rings. The van der Waals surface area contributed by atoms with Crippen molar-refractivity contribution in [3.05, 3.63) is 95.1 Å². The molecule has 0 aliphatic carbocycles. The number of nitrogens with one attached hydrogen (secondary N) is 2.